The second kappa shape index (κ2) is 5.25. The number of fused-ring (bicyclic) bond motifs is 1. The van der Waals surface area contributed by atoms with E-state index in [2.05, 4.69) is 5.32 Å². The zero-order chi connectivity index (χ0) is 16.7. The molecule has 0 aromatic heterocycles. The number of hydrogen-bond acceptors (Lipinski definition) is 3. The average molecular weight is 333 g/mol. The number of hydrogen-bond donors (Lipinski definition) is 1. The molecule has 116 valence electrons. The lowest BCUT2D eigenvalue weighted by Gasteiger charge is -2.49. The molecule has 0 aliphatic carbocycles. The third kappa shape index (κ3) is 2.14. The lowest BCUT2D eigenvalue weighted by atomic mass is 9.91. The fraction of sp³-hybridized carbons (Fsp3) is 0.125. The third-order valence-electron chi connectivity index (χ3n) is 3.71. The number of thiocarbonyl (C=S) groups is 1. The number of halogens is 3. The van der Waals surface area contributed by atoms with Crippen molar-refractivity contribution in [2.45, 2.75) is 11.8 Å². The molecule has 0 unspecified atom stereocenters. The molecule has 1 aromatic carbocycles. The van der Waals surface area contributed by atoms with Gasteiger partial charge in [-0.3, -0.25) is 0 Å². The summed E-state index contributed by atoms with van der Waals surface area (Å²) in [6.45, 7) is 0. The number of benzene rings is 1. The Morgan fingerprint density at radius 1 is 1.17 bits per heavy atom. The number of rotatable bonds is 1. The Balaban J connectivity index is 2.33. The molecule has 0 bridgehead atoms. The standard InChI is InChI=1S/C16H10F3N3S/c17-16(18,19)15(11-6-2-1-3-7-11)21-14(23)12(10-20)13-8-4-5-9-22(13)15/h1-9H,(H,21,23)/t15-/m0/s1. The molecule has 2 aliphatic rings. The fourth-order valence-electron chi connectivity index (χ4n) is 2.71. The monoisotopic (exact) mass is 333 g/mol. The molecule has 7 heteroatoms. The Hall–Kier alpha value is -2.59. The van der Waals surface area contributed by atoms with Gasteiger partial charge in [0.05, 0.1) is 5.70 Å². The van der Waals surface area contributed by atoms with Gasteiger partial charge in [0.15, 0.2) is 0 Å². The molecule has 3 nitrogen and oxygen atoms in total. The van der Waals surface area contributed by atoms with E-state index in [4.69, 9.17) is 12.2 Å². The Bertz CT molecular complexity index is 787. The van der Waals surface area contributed by atoms with E-state index in [0.717, 1.165) is 4.90 Å². The van der Waals surface area contributed by atoms with Gasteiger partial charge in [-0.25, -0.2) is 0 Å². The fourth-order valence-corrected chi connectivity index (χ4v) is 3.01. The van der Waals surface area contributed by atoms with Crippen molar-refractivity contribution in [3.05, 3.63) is 71.6 Å². The number of nitriles is 1. The smallest absolute Gasteiger partial charge is 0.341 e. The molecule has 0 saturated carbocycles. The quantitative estimate of drug-likeness (QED) is 0.799. The van der Waals surface area contributed by atoms with Crippen molar-refractivity contribution in [1.82, 2.24) is 10.2 Å². The molecular weight excluding hydrogens is 323 g/mol. The molecule has 23 heavy (non-hydrogen) atoms. The first-order valence-corrected chi connectivity index (χ1v) is 7.06. The van der Waals surface area contributed by atoms with E-state index in [1.54, 1.807) is 12.1 Å². The molecule has 2 heterocycles. The molecule has 1 aromatic rings. The Morgan fingerprint density at radius 3 is 2.48 bits per heavy atom. The first-order valence-electron chi connectivity index (χ1n) is 6.65. The highest BCUT2D eigenvalue weighted by Gasteiger charge is 2.62. The van der Waals surface area contributed by atoms with Crippen LogP contribution in [0.2, 0.25) is 0 Å². The highest BCUT2D eigenvalue weighted by molar-refractivity contribution is 7.80. The molecule has 1 N–H and O–H groups in total. The van der Waals surface area contributed by atoms with Gasteiger partial charge in [0, 0.05) is 11.8 Å². The zero-order valence-electron chi connectivity index (χ0n) is 11.6. The molecule has 0 radical (unpaired) electrons. The molecular formula is C16H10F3N3S. The third-order valence-corrected chi connectivity index (χ3v) is 4.02. The Labute approximate surface area is 136 Å². The molecule has 1 atom stereocenters. The van der Waals surface area contributed by atoms with E-state index in [0.29, 0.717) is 0 Å². The van der Waals surface area contributed by atoms with Gasteiger partial charge >= 0.3 is 6.18 Å². The van der Waals surface area contributed by atoms with Crippen LogP contribution < -0.4 is 5.32 Å². The van der Waals surface area contributed by atoms with Gasteiger partial charge in [-0.05, 0) is 12.2 Å². The first-order chi connectivity index (χ1) is 10.9. The lowest BCUT2D eigenvalue weighted by molar-refractivity contribution is -0.231. The minimum Gasteiger partial charge on any atom is -0.341 e. The Kier molecular flexibility index (Phi) is 3.49. The van der Waals surface area contributed by atoms with Crippen LogP contribution >= 0.6 is 12.2 Å². The van der Waals surface area contributed by atoms with Crippen LogP contribution in [-0.4, -0.2) is 16.1 Å². The zero-order valence-corrected chi connectivity index (χ0v) is 12.4. The van der Waals surface area contributed by atoms with Crippen LogP contribution in [0, 0.1) is 11.3 Å². The van der Waals surface area contributed by atoms with Gasteiger partial charge in [0.1, 0.15) is 16.6 Å². The van der Waals surface area contributed by atoms with Crippen LogP contribution in [-0.2, 0) is 5.66 Å². The number of allylic oxidation sites excluding steroid dienone is 3. The first kappa shape index (κ1) is 15.3. The van der Waals surface area contributed by atoms with E-state index in [1.807, 2.05) is 6.07 Å². The molecule has 0 amide bonds. The van der Waals surface area contributed by atoms with Crippen molar-refractivity contribution in [1.29, 1.82) is 5.26 Å². The molecule has 0 spiro atoms. The second-order valence-electron chi connectivity index (χ2n) is 4.97. The molecule has 3 rings (SSSR count). The number of nitrogens with one attached hydrogen (secondary N) is 1. The average Bonchev–Trinajstić information content (AvgIpc) is 2.54. The van der Waals surface area contributed by atoms with Gasteiger partial charge in [-0.15, -0.1) is 0 Å². The Morgan fingerprint density at radius 2 is 1.87 bits per heavy atom. The van der Waals surface area contributed by atoms with E-state index < -0.39 is 11.8 Å². The number of alkyl halides is 3. The maximum Gasteiger partial charge on any atom is 0.435 e. The summed E-state index contributed by atoms with van der Waals surface area (Å²) in [6, 6.07) is 9.33. The summed E-state index contributed by atoms with van der Waals surface area (Å²) < 4.78 is 42.4. The van der Waals surface area contributed by atoms with Crippen LogP contribution in [0.1, 0.15) is 5.56 Å². The van der Waals surface area contributed by atoms with Crippen LogP contribution in [0.25, 0.3) is 0 Å². The van der Waals surface area contributed by atoms with Crippen molar-refractivity contribution < 1.29 is 13.2 Å². The van der Waals surface area contributed by atoms with E-state index >= 15 is 0 Å². The maximum atomic E-state index is 14.1. The summed E-state index contributed by atoms with van der Waals surface area (Å²) in [5.74, 6) is 0. The maximum absolute atomic E-state index is 14.1. The van der Waals surface area contributed by atoms with Crippen molar-refractivity contribution in [3.8, 4) is 6.07 Å². The topological polar surface area (TPSA) is 39.1 Å². The van der Waals surface area contributed by atoms with Crippen LogP contribution in [0.3, 0.4) is 0 Å². The van der Waals surface area contributed by atoms with Crippen molar-refractivity contribution in [3.63, 3.8) is 0 Å². The predicted octanol–water partition coefficient (Wildman–Crippen LogP) is 3.50. The van der Waals surface area contributed by atoms with E-state index in [1.165, 1.54) is 42.6 Å². The lowest BCUT2D eigenvalue weighted by Crippen LogP contribution is -2.66. The second-order valence-corrected chi connectivity index (χ2v) is 5.38. The molecule has 0 fully saturated rings. The summed E-state index contributed by atoms with van der Waals surface area (Å²) in [4.78, 5) is 0.788. The van der Waals surface area contributed by atoms with Gasteiger partial charge in [0.25, 0.3) is 0 Å². The summed E-state index contributed by atoms with van der Waals surface area (Å²) in [5, 5.41) is 11.6. The molecule has 2 aliphatic heterocycles. The van der Waals surface area contributed by atoms with Crippen LogP contribution in [0.4, 0.5) is 13.2 Å². The van der Waals surface area contributed by atoms with Gasteiger partial charge in [-0.2, -0.15) is 18.4 Å². The van der Waals surface area contributed by atoms with Gasteiger partial charge in [-0.1, -0.05) is 48.6 Å². The minimum absolute atomic E-state index is 0.00992. The van der Waals surface area contributed by atoms with Crippen molar-refractivity contribution >= 4 is 17.2 Å². The van der Waals surface area contributed by atoms with Gasteiger partial charge < -0.3 is 10.2 Å². The van der Waals surface area contributed by atoms with E-state index in [-0.39, 0.29) is 21.8 Å². The van der Waals surface area contributed by atoms with Crippen LogP contribution in [0.5, 0.6) is 0 Å². The SMILES string of the molecule is N#CC1=C2C=CC=CN2[C@@](c2ccccc2)(C(F)(F)F)NC1=S. The van der Waals surface area contributed by atoms with Crippen LogP contribution in [0.15, 0.2) is 66.0 Å². The normalized spacial score (nSPS) is 23.4. The highest BCUT2D eigenvalue weighted by Crippen LogP contribution is 2.47. The summed E-state index contributed by atoms with van der Waals surface area (Å²) >= 11 is 5.04. The van der Waals surface area contributed by atoms with E-state index in [9.17, 15) is 18.4 Å². The van der Waals surface area contributed by atoms with Gasteiger partial charge in [0.2, 0.25) is 5.66 Å². The molecule has 0 saturated heterocycles. The summed E-state index contributed by atoms with van der Waals surface area (Å²) in [7, 11) is 0. The minimum atomic E-state index is -4.68. The largest absolute Gasteiger partial charge is 0.435 e. The summed E-state index contributed by atoms with van der Waals surface area (Å²) in [5.41, 5.74) is -2.43. The van der Waals surface area contributed by atoms with Crippen molar-refractivity contribution in [2.24, 2.45) is 0 Å². The van der Waals surface area contributed by atoms with Crippen molar-refractivity contribution in [2.75, 3.05) is 0 Å². The predicted molar refractivity (Wildman–Crippen MR) is 82.7 cm³/mol. The number of nitrogens with zero attached hydrogens (tertiary/aromatic N) is 2. The highest BCUT2D eigenvalue weighted by atomic mass is 32.1. The summed E-state index contributed by atoms with van der Waals surface area (Å²) in [6.07, 6.45) is 1.12.